The van der Waals surface area contributed by atoms with Crippen LogP contribution in [0.1, 0.15) is 26.7 Å². The van der Waals surface area contributed by atoms with Gasteiger partial charge in [0.25, 0.3) is 0 Å². The summed E-state index contributed by atoms with van der Waals surface area (Å²) in [5.41, 5.74) is 0. The van der Waals surface area contributed by atoms with Crippen LogP contribution in [0.5, 0.6) is 0 Å². The molecule has 82 valence electrons. The van der Waals surface area contributed by atoms with E-state index in [1.165, 1.54) is 0 Å². The van der Waals surface area contributed by atoms with Crippen molar-refractivity contribution in [3.8, 4) is 0 Å². The highest BCUT2D eigenvalue weighted by molar-refractivity contribution is 5.80. The molecule has 1 aliphatic heterocycles. The van der Waals surface area contributed by atoms with Gasteiger partial charge in [-0.2, -0.15) is 0 Å². The molecule has 0 aromatic rings. The fourth-order valence-corrected chi connectivity index (χ4v) is 1.86. The second kappa shape index (κ2) is 5.35. The van der Waals surface area contributed by atoms with Gasteiger partial charge >= 0.3 is 0 Å². The maximum Gasteiger partial charge on any atom is 0.0981 e. The fraction of sp³-hybridized carbons (Fsp3) is 0.909. The zero-order valence-corrected chi connectivity index (χ0v) is 9.55. The Hall–Kier alpha value is -0.570. The minimum absolute atomic E-state index is 0.333. The Labute approximate surface area is 86.9 Å². The normalized spacial score (nSPS) is 18.6. The molecule has 3 heteroatoms. The molecular formula is C11H22N2O. The van der Waals surface area contributed by atoms with Crippen molar-refractivity contribution in [2.45, 2.75) is 26.7 Å². The van der Waals surface area contributed by atoms with Crippen LogP contribution < -0.4 is 0 Å². The lowest BCUT2D eigenvalue weighted by atomic mass is 9.99. The Morgan fingerprint density at radius 2 is 2.00 bits per heavy atom. The summed E-state index contributed by atoms with van der Waals surface area (Å²) in [7, 11) is 2.03. The van der Waals surface area contributed by atoms with Crippen molar-refractivity contribution in [3.63, 3.8) is 0 Å². The van der Waals surface area contributed by atoms with Crippen molar-refractivity contribution >= 4 is 5.84 Å². The Kier molecular flexibility index (Phi) is 4.39. The van der Waals surface area contributed by atoms with Crippen LogP contribution in [0, 0.1) is 17.2 Å². The van der Waals surface area contributed by atoms with Crippen molar-refractivity contribution < 1.29 is 4.74 Å². The van der Waals surface area contributed by atoms with Gasteiger partial charge in [-0.25, -0.2) is 0 Å². The third-order valence-electron chi connectivity index (χ3n) is 2.83. The Morgan fingerprint density at radius 3 is 2.50 bits per heavy atom. The van der Waals surface area contributed by atoms with Crippen LogP contribution in [0.25, 0.3) is 0 Å². The van der Waals surface area contributed by atoms with Gasteiger partial charge in [-0.1, -0.05) is 13.8 Å². The van der Waals surface area contributed by atoms with Crippen LogP contribution in [-0.2, 0) is 4.74 Å². The first kappa shape index (κ1) is 11.5. The smallest absolute Gasteiger partial charge is 0.0981 e. The molecule has 14 heavy (non-hydrogen) atoms. The number of hydrogen-bond acceptors (Lipinski definition) is 2. The molecular weight excluding hydrogens is 176 g/mol. The Balaban J connectivity index is 2.31. The first-order valence-corrected chi connectivity index (χ1v) is 5.48. The van der Waals surface area contributed by atoms with Crippen molar-refractivity contribution in [3.05, 3.63) is 0 Å². The van der Waals surface area contributed by atoms with Gasteiger partial charge in [0.2, 0.25) is 0 Å². The van der Waals surface area contributed by atoms with E-state index in [1.807, 2.05) is 7.05 Å². The highest BCUT2D eigenvalue weighted by atomic mass is 16.5. The minimum Gasteiger partial charge on any atom is -0.381 e. The molecule has 1 N–H and O–H groups in total. The van der Waals surface area contributed by atoms with Gasteiger partial charge in [-0.05, 0) is 18.8 Å². The number of amidine groups is 1. The molecule has 0 spiro atoms. The molecule has 3 nitrogen and oxygen atoms in total. The third-order valence-corrected chi connectivity index (χ3v) is 2.83. The van der Waals surface area contributed by atoms with Gasteiger partial charge in [-0.15, -0.1) is 0 Å². The first-order valence-electron chi connectivity index (χ1n) is 5.48. The predicted molar refractivity (Wildman–Crippen MR) is 58.7 cm³/mol. The lowest BCUT2D eigenvalue weighted by Gasteiger charge is -2.29. The summed E-state index contributed by atoms with van der Waals surface area (Å²) in [6.07, 6.45) is 2.30. The molecule has 0 unspecified atom stereocenters. The molecule has 0 radical (unpaired) electrons. The monoisotopic (exact) mass is 198 g/mol. The van der Waals surface area contributed by atoms with E-state index in [2.05, 4.69) is 18.7 Å². The summed E-state index contributed by atoms with van der Waals surface area (Å²) < 4.78 is 5.32. The molecule has 0 aliphatic carbocycles. The van der Waals surface area contributed by atoms with Crippen molar-refractivity contribution in [2.24, 2.45) is 11.8 Å². The van der Waals surface area contributed by atoms with Crippen LogP contribution >= 0.6 is 0 Å². The molecule has 0 bridgehead atoms. The van der Waals surface area contributed by atoms with Crippen LogP contribution in [0.15, 0.2) is 0 Å². The van der Waals surface area contributed by atoms with E-state index in [4.69, 9.17) is 10.1 Å². The lowest BCUT2D eigenvalue weighted by molar-refractivity contribution is 0.0609. The molecule has 0 aromatic carbocycles. The van der Waals surface area contributed by atoms with E-state index >= 15 is 0 Å². The van der Waals surface area contributed by atoms with E-state index < -0.39 is 0 Å². The average molecular weight is 198 g/mol. The summed E-state index contributed by atoms with van der Waals surface area (Å²) >= 11 is 0. The van der Waals surface area contributed by atoms with Gasteiger partial charge in [0.1, 0.15) is 0 Å². The largest absolute Gasteiger partial charge is 0.381 e. The third kappa shape index (κ3) is 3.29. The van der Waals surface area contributed by atoms with Crippen molar-refractivity contribution in [1.82, 2.24) is 4.90 Å². The fourth-order valence-electron chi connectivity index (χ4n) is 1.86. The molecule has 0 aromatic heterocycles. The molecule has 0 atom stereocenters. The quantitative estimate of drug-likeness (QED) is 0.556. The summed E-state index contributed by atoms with van der Waals surface area (Å²) in [6.45, 7) is 6.95. The van der Waals surface area contributed by atoms with Crippen LogP contribution in [0.3, 0.4) is 0 Å². The van der Waals surface area contributed by atoms with Crippen molar-refractivity contribution in [2.75, 3.05) is 26.8 Å². The zero-order valence-electron chi connectivity index (χ0n) is 9.55. The zero-order chi connectivity index (χ0) is 10.6. The van der Waals surface area contributed by atoms with Gasteiger partial charge in [-0.3, -0.25) is 5.41 Å². The maximum atomic E-state index is 7.86. The van der Waals surface area contributed by atoms with Gasteiger partial charge in [0.05, 0.1) is 5.84 Å². The van der Waals surface area contributed by atoms with E-state index in [0.717, 1.165) is 38.4 Å². The SMILES string of the molecule is CC(C)C(=N)N(C)CC1CCOCC1. The number of rotatable bonds is 3. The average Bonchev–Trinajstić information content (AvgIpc) is 2.18. The topological polar surface area (TPSA) is 36.3 Å². The van der Waals surface area contributed by atoms with Crippen LogP contribution in [0.2, 0.25) is 0 Å². The molecule has 1 fully saturated rings. The molecule has 1 saturated heterocycles. The van der Waals surface area contributed by atoms with Gasteiger partial charge < -0.3 is 9.64 Å². The molecule has 1 heterocycles. The van der Waals surface area contributed by atoms with Gasteiger partial charge in [0, 0.05) is 32.7 Å². The van der Waals surface area contributed by atoms with Crippen LogP contribution in [-0.4, -0.2) is 37.5 Å². The highest BCUT2D eigenvalue weighted by Gasteiger charge is 2.17. The molecule has 0 amide bonds. The summed E-state index contributed by atoms with van der Waals surface area (Å²) in [5, 5.41) is 7.86. The lowest BCUT2D eigenvalue weighted by Crippen LogP contribution is -2.36. The van der Waals surface area contributed by atoms with Crippen molar-refractivity contribution in [1.29, 1.82) is 5.41 Å². The second-order valence-electron chi connectivity index (χ2n) is 4.48. The number of hydrogen-bond donors (Lipinski definition) is 1. The maximum absolute atomic E-state index is 7.86. The Morgan fingerprint density at radius 1 is 1.43 bits per heavy atom. The molecule has 1 aliphatic rings. The summed E-state index contributed by atoms with van der Waals surface area (Å²) in [5.74, 6) is 1.80. The van der Waals surface area contributed by atoms with E-state index in [1.54, 1.807) is 0 Å². The van der Waals surface area contributed by atoms with Crippen LogP contribution in [0.4, 0.5) is 0 Å². The highest BCUT2D eigenvalue weighted by Crippen LogP contribution is 2.16. The Bertz CT molecular complexity index is 186. The standard InChI is InChI=1S/C11H22N2O/c1-9(2)11(12)13(3)8-10-4-6-14-7-5-10/h9-10,12H,4-8H2,1-3H3. The van der Waals surface area contributed by atoms with E-state index in [9.17, 15) is 0 Å². The molecule has 0 saturated carbocycles. The summed E-state index contributed by atoms with van der Waals surface area (Å²) in [6, 6.07) is 0. The summed E-state index contributed by atoms with van der Waals surface area (Å²) in [4.78, 5) is 2.08. The number of nitrogens with one attached hydrogen (secondary N) is 1. The van der Waals surface area contributed by atoms with Gasteiger partial charge in [0.15, 0.2) is 0 Å². The number of nitrogens with zero attached hydrogens (tertiary/aromatic N) is 1. The van der Waals surface area contributed by atoms with E-state index in [0.29, 0.717) is 11.8 Å². The second-order valence-corrected chi connectivity index (χ2v) is 4.48. The predicted octanol–water partition coefficient (Wildman–Crippen LogP) is 1.98. The molecule has 1 rings (SSSR count). The van der Waals surface area contributed by atoms with E-state index in [-0.39, 0.29) is 0 Å². The first-order chi connectivity index (χ1) is 6.61. The minimum atomic E-state index is 0.333. The number of ether oxygens (including phenoxy) is 1.